The number of nitrogens with zero attached hydrogens (tertiary/aromatic N) is 4. The number of aryl methyl sites for hydroxylation is 2. The lowest BCUT2D eigenvalue weighted by molar-refractivity contribution is -0.162. The Hall–Kier alpha value is -2.72. The minimum absolute atomic E-state index is 0.0142. The van der Waals surface area contributed by atoms with Gasteiger partial charge < -0.3 is 25.0 Å². The first kappa shape index (κ1) is 24.4. The van der Waals surface area contributed by atoms with Gasteiger partial charge in [-0.2, -0.15) is 5.10 Å². The number of rotatable bonds is 8. The van der Waals surface area contributed by atoms with Gasteiger partial charge in [0, 0.05) is 43.3 Å². The second kappa shape index (κ2) is 9.87. The largest absolute Gasteiger partial charge is 0.453 e. The van der Waals surface area contributed by atoms with Crippen molar-refractivity contribution < 1.29 is 19.1 Å². The van der Waals surface area contributed by atoms with Gasteiger partial charge in [0.25, 0.3) is 5.91 Å². The molecular weight excluding hydrogens is 436 g/mol. The molecule has 34 heavy (non-hydrogen) atoms. The smallest absolute Gasteiger partial charge is 0.406 e. The predicted octanol–water partition coefficient (Wildman–Crippen LogP) is 2.30. The first-order valence-electron chi connectivity index (χ1n) is 12.1. The van der Waals surface area contributed by atoms with Crippen LogP contribution in [-0.4, -0.2) is 76.2 Å². The lowest BCUT2D eigenvalue weighted by atomic mass is 10.1. The van der Waals surface area contributed by atoms with Gasteiger partial charge in [-0.25, -0.2) is 14.5 Å². The molecule has 2 aromatic rings. The van der Waals surface area contributed by atoms with E-state index in [4.69, 9.17) is 14.8 Å². The van der Waals surface area contributed by atoms with E-state index in [0.29, 0.717) is 26.1 Å². The SMILES string of the molecule is COC(=O)NCCCn1nc([C@@H](C)N(C(=O)[C@H]2CNCC(C)(C)O2)C2CC2)c2ccc(C)nc21. The highest BCUT2D eigenvalue weighted by molar-refractivity contribution is 5.84. The number of ether oxygens (including phenoxy) is 2. The highest BCUT2D eigenvalue weighted by Gasteiger charge is 2.43. The Kier molecular flexibility index (Phi) is 7.09. The number of aromatic nitrogens is 3. The second-order valence-corrected chi connectivity index (χ2v) is 9.85. The predicted molar refractivity (Wildman–Crippen MR) is 127 cm³/mol. The first-order valence-corrected chi connectivity index (χ1v) is 12.1. The molecule has 2 aromatic heterocycles. The normalized spacial score (nSPS) is 20.7. The van der Waals surface area contributed by atoms with Gasteiger partial charge in [0.05, 0.1) is 24.4 Å². The van der Waals surface area contributed by atoms with Crippen LogP contribution >= 0.6 is 0 Å². The van der Waals surface area contributed by atoms with Crippen molar-refractivity contribution in [2.24, 2.45) is 0 Å². The van der Waals surface area contributed by atoms with Crippen molar-refractivity contribution in [3.8, 4) is 0 Å². The van der Waals surface area contributed by atoms with Crippen molar-refractivity contribution in [1.29, 1.82) is 0 Å². The van der Waals surface area contributed by atoms with Crippen molar-refractivity contribution in [2.45, 2.75) is 77.3 Å². The average Bonchev–Trinajstić information content (AvgIpc) is 3.56. The number of carbonyl (C=O) groups excluding carboxylic acids is 2. The van der Waals surface area contributed by atoms with Crippen molar-refractivity contribution in [1.82, 2.24) is 30.3 Å². The summed E-state index contributed by atoms with van der Waals surface area (Å²) in [5, 5.41) is 11.9. The Morgan fingerprint density at radius 2 is 2.15 bits per heavy atom. The van der Waals surface area contributed by atoms with E-state index in [1.807, 2.05) is 49.4 Å². The van der Waals surface area contributed by atoms with Gasteiger partial charge in [-0.3, -0.25) is 4.79 Å². The molecule has 2 N–H and O–H groups in total. The summed E-state index contributed by atoms with van der Waals surface area (Å²) >= 11 is 0. The Labute approximate surface area is 200 Å². The third-order valence-corrected chi connectivity index (χ3v) is 6.39. The zero-order chi connectivity index (χ0) is 24.5. The van der Waals surface area contributed by atoms with E-state index in [2.05, 4.69) is 15.4 Å². The number of carbonyl (C=O) groups is 2. The minimum atomic E-state index is -0.509. The number of hydrogen-bond acceptors (Lipinski definition) is 7. The molecule has 2 atom stereocenters. The van der Waals surface area contributed by atoms with Crippen LogP contribution in [0.4, 0.5) is 4.79 Å². The third kappa shape index (κ3) is 5.33. The fourth-order valence-electron chi connectivity index (χ4n) is 4.58. The van der Waals surface area contributed by atoms with Crippen LogP contribution < -0.4 is 10.6 Å². The molecule has 0 bridgehead atoms. The lowest BCUT2D eigenvalue weighted by Gasteiger charge is -2.39. The number of fused-ring (bicyclic) bond motifs is 1. The van der Waals surface area contributed by atoms with Gasteiger partial charge in [0.15, 0.2) is 5.65 Å². The van der Waals surface area contributed by atoms with E-state index in [9.17, 15) is 9.59 Å². The molecule has 0 spiro atoms. The topological polar surface area (TPSA) is 111 Å². The summed E-state index contributed by atoms with van der Waals surface area (Å²) in [6, 6.07) is 4.01. The Morgan fingerprint density at radius 1 is 1.38 bits per heavy atom. The van der Waals surface area contributed by atoms with E-state index in [0.717, 1.165) is 41.8 Å². The van der Waals surface area contributed by atoms with Crippen molar-refractivity contribution in [2.75, 3.05) is 26.7 Å². The standard InChI is InChI=1S/C24H36N6O4/c1-15-7-10-18-20(28-29(21(18)27-15)12-6-11-26-23(32)33-5)16(2)30(17-8-9-17)22(31)19-13-25-14-24(3,4)34-19/h7,10,16-17,19,25H,6,8-9,11-14H2,1-5H3,(H,26,32)/t16-,19-/m1/s1. The molecule has 1 saturated heterocycles. The maximum atomic E-state index is 13.6. The van der Waals surface area contributed by atoms with Gasteiger partial charge in [0.1, 0.15) is 6.10 Å². The van der Waals surface area contributed by atoms with Crippen LogP contribution in [0.5, 0.6) is 0 Å². The van der Waals surface area contributed by atoms with E-state index < -0.39 is 12.2 Å². The Morgan fingerprint density at radius 3 is 2.82 bits per heavy atom. The Bertz CT molecular complexity index is 1050. The van der Waals surface area contributed by atoms with E-state index in [1.165, 1.54) is 7.11 Å². The zero-order valence-electron chi connectivity index (χ0n) is 20.8. The molecule has 2 fully saturated rings. The number of morpholine rings is 1. The highest BCUT2D eigenvalue weighted by Crippen LogP contribution is 2.37. The summed E-state index contributed by atoms with van der Waals surface area (Å²) in [5.41, 5.74) is 2.15. The molecule has 1 saturated carbocycles. The first-order chi connectivity index (χ1) is 16.2. The molecule has 0 aromatic carbocycles. The number of methoxy groups -OCH3 is 1. The molecule has 4 rings (SSSR count). The van der Waals surface area contributed by atoms with Crippen LogP contribution in [0.1, 0.15) is 57.5 Å². The molecule has 2 aliphatic rings. The molecule has 10 nitrogen and oxygen atoms in total. The Balaban J connectivity index is 1.58. The van der Waals surface area contributed by atoms with E-state index >= 15 is 0 Å². The second-order valence-electron chi connectivity index (χ2n) is 9.85. The van der Waals surface area contributed by atoms with Gasteiger partial charge >= 0.3 is 6.09 Å². The molecule has 3 heterocycles. The van der Waals surface area contributed by atoms with Gasteiger partial charge in [0.2, 0.25) is 0 Å². The van der Waals surface area contributed by atoms with Crippen molar-refractivity contribution in [3.05, 3.63) is 23.5 Å². The van der Waals surface area contributed by atoms with Crippen LogP contribution in [-0.2, 0) is 20.8 Å². The van der Waals surface area contributed by atoms with Crippen LogP contribution in [0.2, 0.25) is 0 Å². The number of hydrogen-bond donors (Lipinski definition) is 2. The fraction of sp³-hybridized carbons (Fsp3) is 0.667. The van der Waals surface area contributed by atoms with Crippen LogP contribution in [0.3, 0.4) is 0 Å². The summed E-state index contributed by atoms with van der Waals surface area (Å²) in [6.07, 6.45) is 1.71. The van der Waals surface area contributed by atoms with E-state index in [1.54, 1.807) is 0 Å². The maximum Gasteiger partial charge on any atom is 0.406 e. The molecule has 10 heteroatoms. The monoisotopic (exact) mass is 472 g/mol. The average molecular weight is 473 g/mol. The zero-order valence-corrected chi connectivity index (χ0v) is 20.8. The molecule has 0 radical (unpaired) electrons. The summed E-state index contributed by atoms with van der Waals surface area (Å²) < 4.78 is 12.7. The fourth-order valence-corrected chi connectivity index (χ4v) is 4.58. The summed E-state index contributed by atoms with van der Waals surface area (Å²) in [6.45, 7) is 10.3. The summed E-state index contributed by atoms with van der Waals surface area (Å²) in [5.74, 6) is 0.0142. The maximum absolute atomic E-state index is 13.6. The number of amides is 2. The van der Waals surface area contributed by atoms with Crippen molar-refractivity contribution >= 4 is 23.0 Å². The number of alkyl carbamates (subject to hydrolysis) is 1. The number of pyridine rings is 1. The van der Waals surface area contributed by atoms with Gasteiger partial charge in [-0.1, -0.05) is 0 Å². The van der Waals surface area contributed by atoms with Crippen molar-refractivity contribution in [3.63, 3.8) is 0 Å². The molecule has 0 unspecified atom stereocenters. The summed E-state index contributed by atoms with van der Waals surface area (Å²) in [7, 11) is 1.35. The quantitative estimate of drug-likeness (QED) is 0.567. The molecule has 1 aliphatic carbocycles. The molecular formula is C24H36N6O4. The van der Waals surface area contributed by atoms with Crippen LogP contribution in [0.15, 0.2) is 12.1 Å². The summed E-state index contributed by atoms with van der Waals surface area (Å²) in [4.78, 5) is 31.7. The lowest BCUT2D eigenvalue weighted by Crippen LogP contribution is -2.56. The number of nitrogens with one attached hydrogen (secondary N) is 2. The van der Waals surface area contributed by atoms with Gasteiger partial charge in [-0.05, 0) is 59.1 Å². The molecule has 2 amide bonds. The third-order valence-electron chi connectivity index (χ3n) is 6.39. The van der Waals surface area contributed by atoms with Crippen LogP contribution in [0.25, 0.3) is 11.0 Å². The van der Waals surface area contributed by atoms with Crippen LogP contribution in [0, 0.1) is 6.92 Å². The minimum Gasteiger partial charge on any atom is -0.453 e. The van der Waals surface area contributed by atoms with E-state index in [-0.39, 0.29) is 23.6 Å². The highest BCUT2D eigenvalue weighted by atomic mass is 16.5. The molecule has 1 aliphatic heterocycles. The molecule has 186 valence electrons. The van der Waals surface area contributed by atoms with Gasteiger partial charge in [-0.15, -0.1) is 0 Å².